The molecule has 138 valence electrons. The molecule has 2 heterocycles. The predicted octanol–water partition coefficient (Wildman–Crippen LogP) is 2.64. The minimum atomic E-state index is 0.0302. The van der Waals surface area contributed by atoms with Gasteiger partial charge < -0.3 is 10.6 Å². The van der Waals surface area contributed by atoms with Gasteiger partial charge >= 0.3 is 0 Å². The highest BCUT2D eigenvalue weighted by atomic mass is 16.1. The third-order valence-corrected chi connectivity index (χ3v) is 5.78. The number of aromatic nitrogens is 2. The van der Waals surface area contributed by atoms with Crippen molar-refractivity contribution < 1.29 is 4.79 Å². The fourth-order valence-electron chi connectivity index (χ4n) is 3.90. The van der Waals surface area contributed by atoms with E-state index in [0.29, 0.717) is 0 Å². The summed E-state index contributed by atoms with van der Waals surface area (Å²) in [5, 5.41) is 10.9. The third kappa shape index (κ3) is 4.33. The van der Waals surface area contributed by atoms with Crippen LogP contribution in [-0.2, 0) is 13.0 Å². The van der Waals surface area contributed by atoms with Gasteiger partial charge in [0.15, 0.2) is 0 Å². The molecule has 26 heavy (non-hydrogen) atoms. The predicted molar refractivity (Wildman–Crippen MR) is 102 cm³/mol. The fraction of sp³-hybridized carbons (Fsp3) is 0.524. The van der Waals surface area contributed by atoms with Gasteiger partial charge in [0.2, 0.25) is 0 Å². The SMILES string of the molecule is O=C(NCC1(Cn2cccn2)CC1)c1ccc(C[C@H]2CCCNC2)cc1. The number of carbonyl (C=O) groups is 1. The van der Waals surface area contributed by atoms with Crippen LogP contribution in [-0.4, -0.2) is 35.3 Å². The maximum absolute atomic E-state index is 12.5. The Labute approximate surface area is 155 Å². The van der Waals surface area contributed by atoms with E-state index in [2.05, 4.69) is 27.9 Å². The first-order valence-corrected chi connectivity index (χ1v) is 9.78. The topological polar surface area (TPSA) is 59.0 Å². The zero-order valence-corrected chi connectivity index (χ0v) is 15.3. The number of hydrogen-bond donors (Lipinski definition) is 2. The van der Waals surface area contributed by atoms with Crippen LogP contribution in [0.2, 0.25) is 0 Å². The van der Waals surface area contributed by atoms with Crippen molar-refractivity contribution in [3.63, 3.8) is 0 Å². The number of nitrogens with zero attached hydrogens (tertiary/aromatic N) is 2. The van der Waals surface area contributed by atoms with Gasteiger partial charge in [0, 0.05) is 36.5 Å². The molecule has 2 fully saturated rings. The summed E-state index contributed by atoms with van der Waals surface area (Å²) < 4.78 is 1.97. The molecule has 0 unspecified atom stereocenters. The maximum atomic E-state index is 12.5. The van der Waals surface area contributed by atoms with Gasteiger partial charge in [0.05, 0.1) is 0 Å². The Kier molecular flexibility index (Phi) is 5.07. The summed E-state index contributed by atoms with van der Waals surface area (Å²) in [4.78, 5) is 12.5. The van der Waals surface area contributed by atoms with Gasteiger partial charge in [-0.2, -0.15) is 5.10 Å². The Morgan fingerprint density at radius 2 is 2.15 bits per heavy atom. The number of amides is 1. The zero-order chi connectivity index (χ0) is 17.8. The van der Waals surface area contributed by atoms with Crippen molar-refractivity contribution in [3.8, 4) is 0 Å². The van der Waals surface area contributed by atoms with Crippen LogP contribution in [0.3, 0.4) is 0 Å². The van der Waals surface area contributed by atoms with Crippen molar-refractivity contribution in [2.45, 2.75) is 38.6 Å². The number of rotatable bonds is 7. The smallest absolute Gasteiger partial charge is 0.251 e. The second-order valence-electron chi connectivity index (χ2n) is 8.00. The highest BCUT2D eigenvalue weighted by Gasteiger charge is 2.43. The minimum absolute atomic E-state index is 0.0302. The molecule has 2 aromatic rings. The molecule has 1 saturated carbocycles. The molecule has 1 aromatic heterocycles. The molecule has 1 aromatic carbocycles. The first-order valence-electron chi connectivity index (χ1n) is 9.78. The molecule has 1 aliphatic heterocycles. The average Bonchev–Trinajstić information content (AvgIpc) is 3.24. The van der Waals surface area contributed by atoms with Crippen molar-refractivity contribution in [2.24, 2.45) is 11.3 Å². The van der Waals surface area contributed by atoms with Crippen LogP contribution < -0.4 is 10.6 Å². The van der Waals surface area contributed by atoms with Gasteiger partial charge in [-0.05, 0) is 74.9 Å². The first kappa shape index (κ1) is 17.3. The molecule has 1 amide bonds. The molecule has 1 aliphatic carbocycles. The van der Waals surface area contributed by atoms with Gasteiger partial charge in [0.25, 0.3) is 5.91 Å². The van der Waals surface area contributed by atoms with Crippen LogP contribution in [0.5, 0.6) is 0 Å². The van der Waals surface area contributed by atoms with Crippen molar-refractivity contribution in [2.75, 3.05) is 19.6 Å². The molecule has 0 spiro atoms. The van der Waals surface area contributed by atoms with E-state index in [1.54, 1.807) is 6.20 Å². The van der Waals surface area contributed by atoms with Crippen LogP contribution in [0.4, 0.5) is 0 Å². The van der Waals surface area contributed by atoms with Gasteiger partial charge in [-0.25, -0.2) is 0 Å². The molecule has 1 atom stereocenters. The molecule has 5 heteroatoms. The maximum Gasteiger partial charge on any atom is 0.251 e. The molecular weight excluding hydrogens is 324 g/mol. The molecule has 1 saturated heterocycles. The summed E-state index contributed by atoms with van der Waals surface area (Å²) >= 11 is 0. The lowest BCUT2D eigenvalue weighted by atomic mass is 9.92. The van der Waals surface area contributed by atoms with Crippen molar-refractivity contribution in [3.05, 3.63) is 53.9 Å². The number of hydrogen-bond acceptors (Lipinski definition) is 3. The highest BCUT2D eigenvalue weighted by Crippen LogP contribution is 2.46. The highest BCUT2D eigenvalue weighted by molar-refractivity contribution is 5.94. The van der Waals surface area contributed by atoms with Crippen molar-refractivity contribution in [1.82, 2.24) is 20.4 Å². The van der Waals surface area contributed by atoms with Crippen LogP contribution in [0.15, 0.2) is 42.7 Å². The summed E-state index contributed by atoms with van der Waals surface area (Å²) in [6.45, 7) is 3.87. The van der Waals surface area contributed by atoms with Gasteiger partial charge in [-0.1, -0.05) is 12.1 Å². The number of benzene rings is 1. The summed E-state index contributed by atoms with van der Waals surface area (Å²) in [6.07, 6.45) is 9.77. The minimum Gasteiger partial charge on any atom is -0.351 e. The van der Waals surface area contributed by atoms with E-state index in [0.717, 1.165) is 56.9 Å². The average molecular weight is 352 g/mol. The Bertz CT molecular complexity index is 713. The molecule has 2 aliphatic rings. The molecule has 2 N–H and O–H groups in total. The summed E-state index contributed by atoms with van der Waals surface area (Å²) in [5.74, 6) is 0.753. The lowest BCUT2D eigenvalue weighted by Crippen LogP contribution is -2.32. The Morgan fingerprint density at radius 3 is 2.81 bits per heavy atom. The number of carbonyl (C=O) groups excluding carboxylic acids is 1. The van der Waals surface area contributed by atoms with Crippen LogP contribution >= 0.6 is 0 Å². The molecule has 4 rings (SSSR count). The van der Waals surface area contributed by atoms with Crippen LogP contribution in [0.25, 0.3) is 0 Å². The van der Waals surface area contributed by atoms with Gasteiger partial charge in [-0.3, -0.25) is 9.48 Å². The van der Waals surface area contributed by atoms with E-state index in [9.17, 15) is 4.79 Å². The molecule has 0 bridgehead atoms. The summed E-state index contributed by atoms with van der Waals surface area (Å²) in [6, 6.07) is 10.1. The van der Waals surface area contributed by atoms with E-state index < -0.39 is 0 Å². The quantitative estimate of drug-likeness (QED) is 0.805. The van der Waals surface area contributed by atoms with Crippen LogP contribution in [0, 0.1) is 11.3 Å². The van der Waals surface area contributed by atoms with E-state index in [4.69, 9.17) is 0 Å². The van der Waals surface area contributed by atoms with E-state index >= 15 is 0 Å². The Balaban J connectivity index is 1.28. The van der Waals surface area contributed by atoms with Gasteiger partial charge in [-0.15, -0.1) is 0 Å². The zero-order valence-electron chi connectivity index (χ0n) is 15.3. The number of nitrogens with one attached hydrogen (secondary N) is 2. The standard InChI is InChI=1S/C21H28N4O/c26-20(23-15-21(8-9-21)16-25-12-2-11-24-25)19-6-4-17(5-7-19)13-18-3-1-10-22-14-18/h2,4-7,11-12,18,22H,1,3,8-10,13-16H2,(H,23,26)/t18-/m1/s1. The normalized spacial score (nSPS) is 21.3. The summed E-state index contributed by atoms with van der Waals surface area (Å²) in [5.41, 5.74) is 2.27. The second kappa shape index (κ2) is 7.62. The summed E-state index contributed by atoms with van der Waals surface area (Å²) in [7, 11) is 0. The third-order valence-electron chi connectivity index (χ3n) is 5.78. The van der Waals surface area contributed by atoms with Crippen LogP contribution in [0.1, 0.15) is 41.6 Å². The molecule has 0 radical (unpaired) electrons. The van der Waals surface area contributed by atoms with Crippen molar-refractivity contribution >= 4 is 5.91 Å². The molecule has 5 nitrogen and oxygen atoms in total. The first-order chi connectivity index (χ1) is 12.7. The largest absolute Gasteiger partial charge is 0.351 e. The van der Waals surface area contributed by atoms with E-state index in [-0.39, 0.29) is 11.3 Å². The van der Waals surface area contributed by atoms with Crippen molar-refractivity contribution in [1.29, 1.82) is 0 Å². The van der Waals surface area contributed by atoms with Gasteiger partial charge in [0.1, 0.15) is 0 Å². The number of piperidine rings is 1. The fourth-order valence-corrected chi connectivity index (χ4v) is 3.90. The second-order valence-corrected chi connectivity index (χ2v) is 8.00. The van der Waals surface area contributed by atoms with E-state index in [1.165, 1.54) is 18.4 Å². The van der Waals surface area contributed by atoms with E-state index in [1.807, 2.05) is 29.1 Å². The lowest BCUT2D eigenvalue weighted by molar-refractivity contribution is 0.0942. The Morgan fingerprint density at radius 1 is 1.31 bits per heavy atom. The Hall–Kier alpha value is -2.14. The monoisotopic (exact) mass is 352 g/mol. The lowest BCUT2D eigenvalue weighted by Gasteiger charge is -2.22. The molecular formula is C21H28N4O.